The van der Waals surface area contributed by atoms with Gasteiger partial charge < -0.3 is 16.0 Å². The second kappa shape index (κ2) is 8.89. The molecule has 0 aliphatic carbocycles. The van der Waals surface area contributed by atoms with E-state index >= 15 is 0 Å². The van der Waals surface area contributed by atoms with Crippen molar-refractivity contribution in [1.29, 1.82) is 0 Å². The quantitative estimate of drug-likeness (QED) is 0.624. The second-order valence-electron chi connectivity index (χ2n) is 7.98. The summed E-state index contributed by atoms with van der Waals surface area (Å²) in [6.45, 7) is 1.06. The van der Waals surface area contributed by atoms with Crippen LogP contribution in [0.4, 0.5) is 11.5 Å². The molecule has 3 heterocycles. The van der Waals surface area contributed by atoms with Crippen molar-refractivity contribution in [3.8, 4) is 0 Å². The fourth-order valence-corrected chi connectivity index (χ4v) is 5.16. The number of hydrogen-bond donors (Lipinski definition) is 3. The van der Waals surface area contributed by atoms with Crippen molar-refractivity contribution in [2.24, 2.45) is 0 Å². The third-order valence-corrected chi connectivity index (χ3v) is 7.54. The van der Waals surface area contributed by atoms with Gasteiger partial charge in [-0.3, -0.25) is 4.79 Å². The fraction of sp³-hybridized carbons (Fsp3) is 0.476. The van der Waals surface area contributed by atoms with E-state index in [0.717, 1.165) is 31.4 Å². The van der Waals surface area contributed by atoms with Crippen LogP contribution in [0.25, 0.3) is 0 Å². The third-order valence-electron chi connectivity index (χ3n) is 5.74. The number of carbonyl (C=O) groups excluding carboxylic acids is 1. The van der Waals surface area contributed by atoms with Crippen molar-refractivity contribution in [2.75, 3.05) is 31.3 Å². The maximum Gasteiger partial charge on any atom is 0.243 e. The van der Waals surface area contributed by atoms with E-state index in [1.54, 1.807) is 32.3 Å². The van der Waals surface area contributed by atoms with Crippen LogP contribution in [0.2, 0.25) is 0 Å². The highest BCUT2D eigenvalue weighted by Gasteiger charge is 2.25. The SMILES string of the molecule is CNc1cc(CN(C)S(=O)(=O)c2ccc3c(c2)CCC(=O)N3)nc(C2CCCCN2)n1. The highest BCUT2D eigenvalue weighted by atomic mass is 32.2. The predicted octanol–water partition coefficient (Wildman–Crippen LogP) is 2.04. The van der Waals surface area contributed by atoms with E-state index < -0.39 is 10.0 Å². The van der Waals surface area contributed by atoms with E-state index in [4.69, 9.17) is 0 Å². The van der Waals surface area contributed by atoms with Crippen LogP contribution in [-0.2, 0) is 27.8 Å². The summed E-state index contributed by atoms with van der Waals surface area (Å²) in [6.07, 6.45) is 4.11. The Balaban J connectivity index is 1.57. The van der Waals surface area contributed by atoms with Crippen LogP contribution in [-0.4, -0.2) is 49.2 Å². The summed E-state index contributed by atoms with van der Waals surface area (Å²) in [7, 11) is -0.377. The van der Waals surface area contributed by atoms with Crippen molar-refractivity contribution < 1.29 is 13.2 Å². The number of amides is 1. The molecule has 0 spiro atoms. The van der Waals surface area contributed by atoms with Gasteiger partial charge in [0.05, 0.1) is 23.2 Å². The average Bonchev–Trinajstić information content (AvgIpc) is 2.78. The fourth-order valence-electron chi connectivity index (χ4n) is 3.97. The Morgan fingerprint density at radius 1 is 1.19 bits per heavy atom. The minimum atomic E-state index is -3.72. The molecule has 0 radical (unpaired) electrons. The van der Waals surface area contributed by atoms with E-state index in [2.05, 4.69) is 25.9 Å². The summed E-state index contributed by atoms with van der Waals surface area (Å²) in [5.74, 6) is 1.31. The zero-order chi connectivity index (χ0) is 22.0. The average molecular weight is 445 g/mol. The monoisotopic (exact) mass is 444 g/mol. The Bertz CT molecular complexity index is 1080. The molecule has 1 fully saturated rings. The van der Waals surface area contributed by atoms with Gasteiger partial charge in [0.2, 0.25) is 15.9 Å². The number of anilines is 2. The lowest BCUT2D eigenvalue weighted by Gasteiger charge is -2.24. The van der Waals surface area contributed by atoms with Crippen molar-refractivity contribution in [3.63, 3.8) is 0 Å². The summed E-state index contributed by atoms with van der Waals surface area (Å²) in [5.41, 5.74) is 2.15. The normalized spacial score (nSPS) is 19.1. The Hall–Kier alpha value is -2.56. The molecule has 2 aliphatic heterocycles. The van der Waals surface area contributed by atoms with E-state index in [1.807, 2.05) is 0 Å². The largest absolute Gasteiger partial charge is 0.373 e. The summed E-state index contributed by atoms with van der Waals surface area (Å²) in [6, 6.07) is 6.70. The van der Waals surface area contributed by atoms with Gasteiger partial charge in [-0.1, -0.05) is 6.42 Å². The summed E-state index contributed by atoms with van der Waals surface area (Å²) < 4.78 is 27.7. The first-order chi connectivity index (χ1) is 14.9. The molecule has 2 aliphatic rings. The molecule has 1 unspecified atom stereocenters. The van der Waals surface area contributed by atoms with Gasteiger partial charge in [0.1, 0.15) is 11.6 Å². The molecule has 10 heteroatoms. The molecule has 0 bridgehead atoms. The Labute approximate surface area is 182 Å². The molecule has 1 saturated heterocycles. The van der Waals surface area contributed by atoms with Gasteiger partial charge in [-0.15, -0.1) is 0 Å². The zero-order valence-corrected chi connectivity index (χ0v) is 18.6. The number of sulfonamides is 1. The lowest BCUT2D eigenvalue weighted by molar-refractivity contribution is -0.116. The molecular formula is C21H28N6O3S. The molecule has 1 atom stereocenters. The number of hydrogen-bond acceptors (Lipinski definition) is 7. The van der Waals surface area contributed by atoms with Crippen LogP contribution in [0.5, 0.6) is 0 Å². The summed E-state index contributed by atoms with van der Waals surface area (Å²) in [5, 5.41) is 9.27. The number of nitrogens with one attached hydrogen (secondary N) is 3. The molecule has 1 amide bonds. The summed E-state index contributed by atoms with van der Waals surface area (Å²) >= 11 is 0. The van der Waals surface area contributed by atoms with E-state index in [0.29, 0.717) is 35.9 Å². The first-order valence-electron chi connectivity index (χ1n) is 10.5. The van der Waals surface area contributed by atoms with Gasteiger partial charge in [0.25, 0.3) is 0 Å². The van der Waals surface area contributed by atoms with Gasteiger partial charge in [-0.25, -0.2) is 18.4 Å². The maximum atomic E-state index is 13.2. The standard InChI is InChI=1S/C21H28N6O3S/c1-22-19-12-15(24-21(26-19)18-5-3-4-10-23-18)13-27(2)31(29,30)16-7-8-17-14(11-16)6-9-20(28)25-17/h7-8,11-12,18,23H,3-6,9-10,13H2,1-2H3,(H,25,28)(H,22,24,26). The lowest BCUT2D eigenvalue weighted by atomic mass is 10.0. The molecule has 166 valence electrons. The van der Waals surface area contributed by atoms with Crippen LogP contribution < -0.4 is 16.0 Å². The molecule has 2 aromatic rings. The molecule has 1 aromatic heterocycles. The number of carbonyl (C=O) groups is 1. The van der Waals surface area contributed by atoms with Crippen molar-refractivity contribution in [1.82, 2.24) is 19.6 Å². The highest BCUT2D eigenvalue weighted by molar-refractivity contribution is 7.89. The van der Waals surface area contributed by atoms with Crippen LogP contribution in [0.3, 0.4) is 0 Å². The highest BCUT2D eigenvalue weighted by Crippen LogP contribution is 2.27. The van der Waals surface area contributed by atoms with Gasteiger partial charge in [-0.2, -0.15) is 4.31 Å². The molecule has 3 N–H and O–H groups in total. The third kappa shape index (κ3) is 4.70. The molecule has 1 aromatic carbocycles. The number of benzene rings is 1. The maximum absolute atomic E-state index is 13.2. The van der Waals surface area contributed by atoms with Gasteiger partial charge in [-0.05, 0) is 49.6 Å². The van der Waals surface area contributed by atoms with Crippen LogP contribution in [0.15, 0.2) is 29.2 Å². The number of rotatable bonds is 6. The molecule has 9 nitrogen and oxygen atoms in total. The van der Waals surface area contributed by atoms with Crippen LogP contribution in [0, 0.1) is 0 Å². The van der Waals surface area contributed by atoms with Gasteiger partial charge >= 0.3 is 0 Å². The van der Waals surface area contributed by atoms with Gasteiger partial charge in [0.15, 0.2) is 0 Å². The molecule has 31 heavy (non-hydrogen) atoms. The van der Waals surface area contributed by atoms with Crippen LogP contribution in [0.1, 0.15) is 48.8 Å². The number of fused-ring (bicyclic) bond motifs is 1. The molecule has 4 rings (SSSR count). The first kappa shape index (κ1) is 21.7. The van der Waals surface area contributed by atoms with E-state index in [-0.39, 0.29) is 23.4 Å². The predicted molar refractivity (Wildman–Crippen MR) is 118 cm³/mol. The second-order valence-corrected chi connectivity index (χ2v) is 10.0. The number of nitrogens with zero attached hydrogens (tertiary/aromatic N) is 3. The summed E-state index contributed by atoms with van der Waals surface area (Å²) in [4.78, 5) is 21.0. The Morgan fingerprint density at radius 2 is 2.03 bits per heavy atom. The smallest absolute Gasteiger partial charge is 0.243 e. The van der Waals surface area contributed by atoms with Crippen molar-refractivity contribution >= 4 is 27.4 Å². The zero-order valence-electron chi connectivity index (χ0n) is 17.8. The topological polar surface area (TPSA) is 116 Å². The minimum absolute atomic E-state index is 0.0485. The number of aryl methyl sites for hydroxylation is 1. The van der Waals surface area contributed by atoms with Crippen LogP contribution >= 0.6 is 0 Å². The Kier molecular flexibility index (Phi) is 6.22. The van der Waals surface area contributed by atoms with E-state index in [9.17, 15) is 13.2 Å². The van der Waals surface area contributed by atoms with Gasteiger partial charge in [0, 0.05) is 32.3 Å². The van der Waals surface area contributed by atoms with E-state index in [1.165, 1.54) is 10.4 Å². The number of piperidine rings is 1. The van der Waals surface area contributed by atoms with Crippen molar-refractivity contribution in [3.05, 3.63) is 41.3 Å². The molecule has 0 saturated carbocycles. The Morgan fingerprint density at radius 3 is 2.77 bits per heavy atom. The van der Waals surface area contributed by atoms with Crippen molar-refractivity contribution in [2.45, 2.75) is 49.6 Å². The molecular weight excluding hydrogens is 416 g/mol. The first-order valence-corrected chi connectivity index (χ1v) is 12.0. The minimum Gasteiger partial charge on any atom is -0.373 e. The number of aromatic nitrogens is 2. The lowest BCUT2D eigenvalue weighted by Crippen LogP contribution is -2.30.